The van der Waals surface area contributed by atoms with Crippen LogP contribution in [0.5, 0.6) is 11.5 Å². The molecule has 12 heteroatoms. The number of rotatable bonds is 12. The third-order valence-corrected chi connectivity index (χ3v) is 5.54. The van der Waals surface area contributed by atoms with Crippen molar-refractivity contribution in [3.8, 4) is 11.5 Å². The molecule has 12 nitrogen and oxygen atoms in total. The Morgan fingerprint density at radius 3 is 2.17 bits per heavy atom. The van der Waals surface area contributed by atoms with Crippen molar-refractivity contribution in [1.82, 2.24) is 16.1 Å². The molecule has 3 amide bonds. The van der Waals surface area contributed by atoms with E-state index in [4.69, 9.17) is 9.47 Å². The third kappa shape index (κ3) is 10.5. The van der Waals surface area contributed by atoms with E-state index in [0.29, 0.717) is 16.9 Å². The summed E-state index contributed by atoms with van der Waals surface area (Å²) in [4.78, 5) is 49.2. The van der Waals surface area contributed by atoms with E-state index in [-0.39, 0.29) is 18.8 Å². The molecule has 5 N–H and O–H groups in total. The molecule has 0 aliphatic rings. The van der Waals surface area contributed by atoms with Gasteiger partial charge in [-0.1, -0.05) is 42.5 Å². The lowest BCUT2D eigenvalue weighted by molar-refractivity contribution is -0.132. The number of alkyl carbamates (subject to hydrolysis) is 1. The lowest BCUT2D eigenvalue weighted by Gasteiger charge is -2.21. The fourth-order valence-electron chi connectivity index (χ4n) is 3.49. The second-order valence-corrected chi connectivity index (χ2v) is 8.77. The van der Waals surface area contributed by atoms with Gasteiger partial charge in [0.05, 0.1) is 12.8 Å². The van der Waals surface area contributed by atoms with E-state index in [2.05, 4.69) is 21.2 Å². The van der Waals surface area contributed by atoms with Gasteiger partial charge in [-0.05, 0) is 53.1 Å². The maximum absolute atomic E-state index is 13.0. The number of aliphatic hydroxyl groups excluding tert-OH is 1. The van der Waals surface area contributed by atoms with Crippen LogP contribution >= 0.6 is 0 Å². The van der Waals surface area contributed by atoms with Gasteiger partial charge in [-0.2, -0.15) is 5.10 Å². The molecule has 0 aliphatic heterocycles. The zero-order chi connectivity index (χ0) is 29.6. The Morgan fingerprint density at radius 1 is 0.854 bits per heavy atom. The summed E-state index contributed by atoms with van der Waals surface area (Å²) in [6.07, 6.45) is 0.448. The number of amides is 3. The number of nitrogens with zero attached hydrogens (tertiary/aromatic N) is 1. The molecule has 0 saturated carbocycles. The summed E-state index contributed by atoms with van der Waals surface area (Å²) in [6.45, 7) is 0.499. The average Bonchev–Trinajstić information content (AvgIpc) is 2.96. The number of carbonyl (C=O) groups excluding carboxylic acids is 4. The normalized spacial score (nSPS) is 12.1. The molecule has 214 valence electrons. The molecule has 0 unspecified atom stereocenters. The molecule has 0 radical (unpaired) electrons. The van der Waals surface area contributed by atoms with Crippen molar-refractivity contribution in [3.63, 3.8) is 0 Å². The minimum Gasteiger partial charge on any atom is -0.508 e. The van der Waals surface area contributed by atoms with E-state index in [9.17, 15) is 29.4 Å². The number of benzene rings is 3. The van der Waals surface area contributed by atoms with E-state index in [1.54, 1.807) is 60.7 Å². The van der Waals surface area contributed by atoms with Gasteiger partial charge in [0.15, 0.2) is 0 Å². The number of carbonyl (C=O) groups is 4. The van der Waals surface area contributed by atoms with Crippen LogP contribution in [0, 0.1) is 0 Å². The van der Waals surface area contributed by atoms with Gasteiger partial charge in [-0.15, -0.1) is 0 Å². The number of hydrogen-bond donors (Lipinski definition) is 5. The highest BCUT2D eigenvalue weighted by atomic mass is 16.5. The molecule has 0 heterocycles. The summed E-state index contributed by atoms with van der Waals surface area (Å²) in [6, 6.07) is 18.7. The zero-order valence-corrected chi connectivity index (χ0v) is 22.2. The number of ether oxygens (including phenoxy) is 2. The van der Waals surface area contributed by atoms with Gasteiger partial charge in [0, 0.05) is 13.3 Å². The summed E-state index contributed by atoms with van der Waals surface area (Å²) in [7, 11) is 0. The quantitative estimate of drug-likeness (QED) is 0.0960. The Labute approximate surface area is 236 Å². The van der Waals surface area contributed by atoms with Gasteiger partial charge in [-0.25, -0.2) is 10.2 Å². The van der Waals surface area contributed by atoms with E-state index < -0.39 is 42.6 Å². The predicted octanol–water partition coefficient (Wildman–Crippen LogP) is 1.78. The number of esters is 1. The Bertz CT molecular complexity index is 1350. The zero-order valence-electron chi connectivity index (χ0n) is 22.2. The standard InChI is InChI=1S/C29H30N4O8/c1-19(35)41-24-13-9-21(10-14-24)16-30-33-28(38)25(15-20-7-11-23(36)12-8-20)31-27(37)26(17-34)32-29(39)40-18-22-5-3-2-4-6-22/h2-14,16,25-26,34,36H,15,17-18H2,1H3,(H,31,37)(H,32,39)(H,33,38)/b30-16-/t25-,26-/m0/s1. The van der Waals surface area contributed by atoms with Crippen LogP contribution in [-0.2, 0) is 32.1 Å². The van der Waals surface area contributed by atoms with E-state index in [1.807, 2.05) is 6.07 Å². The first-order valence-corrected chi connectivity index (χ1v) is 12.5. The van der Waals surface area contributed by atoms with Gasteiger partial charge < -0.3 is 30.3 Å². The van der Waals surface area contributed by atoms with Gasteiger partial charge in [-0.3, -0.25) is 14.4 Å². The first kappa shape index (κ1) is 30.3. The largest absolute Gasteiger partial charge is 0.508 e. The number of hydrazone groups is 1. The molecule has 3 aromatic rings. The molecule has 0 saturated heterocycles. The maximum Gasteiger partial charge on any atom is 0.408 e. The Kier molecular flexibility index (Phi) is 11.4. The number of aliphatic hydroxyl groups is 1. The second kappa shape index (κ2) is 15.4. The summed E-state index contributed by atoms with van der Waals surface area (Å²) < 4.78 is 10.1. The fraction of sp³-hybridized carbons (Fsp3) is 0.207. The van der Waals surface area contributed by atoms with Crippen LogP contribution in [-0.4, -0.2) is 59.0 Å². The van der Waals surface area contributed by atoms with Crippen molar-refractivity contribution < 1.29 is 38.9 Å². The van der Waals surface area contributed by atoms with Crippen molar-refractivity contribution in [1.29, 1.82) is 0 Å². The molecule has 2 atom stereocenters. The molecule has 41 heavy (non-hydrogen) atoms. The first-order chi connectivity index (χ1) is 19.7. The molecule has 3 aromatic carbocycles. The van der Waals surface area contributed by atoms with Crippen LogP contribution in [0.3, 0.4) is 0 Å². The SMILES string of the molecule is CC(=O)Oc1ccc(/C=N\NC(=O)[C@H](Cc2ccc(O)cc2)NC(=O)[C@H](CO)NC(=O)OCc2ccccc2)cc1. The first-order valence-electron chi connectivity index (χ1n) is 12.5. The Morgan fingerprint density at radius 2 is 1.54 bits per heavy atom. The maximum atomic E-state index is 13.0. The summed E-state index contributed by atoms with van der Waals surface area (Å²) >= 11 is 0. The van der Waals surface area contributed by atoms with Crippen molar-refractivity contribution in [2.75, 3.05) is 6.61 Å². The Balaban J connectivity index is 1.63. The van der Waals surface area contributed by atoms with Crippen LogP contribution in [0.1, 0.15) is 23.6 Å². The smallest absolute Gasteiger partial charge is 0.408 e. The van der Waals surface area contributed by atoms with Crippen LogP contribution in [0.15, 0.2) is 84.0 Å². The van der Waals surface area contributed by atoms with Crippen LogP contribution in [0.2, 0.25) is 0 Å². The van der Waals surface area contributed by atoms with E-state index in [1.165, 1.54) is 25.3 Å². The van der Waals surface area contributed by atoms with Gasteiger partial charge in [0.1, 0.15) is 30.2 Å². The summed E-state index contributed by atoms with van der Waals surface area (Å²) in [5.41, 5.74) is 4.30. The average molecular weight is 563 g/mol. The molecule has 0 aromatic heterocycles. The minimum atomic E-state index is -1.40. The van der Waals surface area contributed by atoms with Gasteiger partial charge in [0.25, 0.3) is 5.91 Å². The van der Waals surface area contributed by atoms with Gasteiger partial charge >= 0.3 is 12.1 Å². The minimum absolute atomic E-state index is 0.0149. The van der Waals surface area contributed by atoms with Crippen LogP contribution in [0.4, 0.5) is 4.79 Å². The van der Waals surface area contributed by atoms with Crippen molar-refractivity contribution in [3.05, 3.63) is 95.6 Å². The van der Waals surface area contributed by atoms with Crippen LogP contribution in [0.25, 0.3) is 0 Å². The summed E-state index contributed by atoms with van der Waals surface area (Å²) in [5, 5.41) is 28.0. The number of aromatic hydroxyl groups is 1. The molecule has 0 spiro atoms. The number of phenols is 1. The van der Waals surface area contributed by atoms with Crippen LogP contribution < -0.4 is 20.8 Å². The second-order valence-electron chi connectivity index (χ2n) is 8.77. The Hall–Kier alpha value is -5.23. The molecule has 3 rings (SSSR count). The number of nitrogens with one attached hydrogen (secondary N) is 3. The van der Waals surface area contributed by atoms with E-state index in [0.717, 1.165) is 5.56 Å². The van der Waals surface area contributed by atoms with E-state index >= 15 is 0 Å². The number of hydrogen-bond acceptors (Lipinski definition) is 9. The molecular weight excluding hydrogens is 532 g/mol. The van der Waals surface area contributed by atoms with Crippen molar-refractivity contribution >= 4 is 30.1 Å². The lowest BCUT2D eigenvalue weighted by Crippen LogP contribution is -2.55. The molecule has 0 bridgehead atoms. The molecule has 0 aliphatic carbocycles. The predicted molar refractivity (Wildman–Crippen MR) is 148 cm³/mol. The summed E-state index contributed by atoms with van der Waals surface area (Å²) in [5.74, 6) is -1.58. The monoisotopic (exact) mass is 562 g/mol. The van der Waals surface area contributed by atoms with Crippen molar-refractivity contribution in [2.45, 2.75) is 32.0 Å². The van der Waals surface area contributed by atoms with Crippen molar-refractivity contribution in [2.24, 2.45) is 5.10 Å². The fourth-order valence-corrected chi connectivity index (χ4v) is 3.49. The lowest BCUT2D eigenvalue weighted by atomic mass is 10.0. The van der Waals surface area contributed by atoms with Gasteiger partial charge in [0.2, 0.25) is 5.91 Å². The highest BCUT2D eigenvalue weighted by Crippen LogP contribution is 2.13. The number of phenolic OH excluding ortho intramolecular Hbond substituents is 1. The molecule has 0 fully saturated rings. The topological polar surface area (TPSA) is 176 Å². The highest BCUT2D eigenvalue weighted by Gasteiger charge is 2.27. The third-order valence-electron chi connectivity index (χ3n) is 5.54. The highest BCUT2D eigenvalue weighted by molar-refractivity contribution is 5.92. The molecular formula is C29H30N4O8.